The van der Waals surface area contributed by atoms with Gasteiger partial charge >= 0.3 is 5.97 Å². The summed E-state index contributed by atoms with van der Waals surface area (Å²) in [4.78, 5) is 27.7. The lowest BCUT2D eigenvalue weighted by molar-refractivity contribution is -0.129. The highest BCUT2D eigenvalue weighted by atomic mass is 32.2. The lowest BCUT2D eigenvalue weighted by Crippen LogP contribution is -2.30. The quantitative estimate of drug-likeness (QED) is 0.525. The summed E-state index contributed by atoms with van der Waals surface area (Å²) in [7, 11) is -3.65. The van der Waals surface area contributed by atoms with Gasteiger partial charge in [0.05, 0.1) is 4.90 Å². The number of hydrogen-bond acceptors (Lipinski definition) is 6. The molecule has 1 aliphatic heterocycles. The first kappa shape index (κ1) is 22.4. The minimum Gasteiger partial charge on any atom is -0.402 e. The molecule has 0 aliphatic carbocycles. The second-order valence-electron chi connectivity index (χ2n) is 6.76. The number of nitrogens with one attached hydrogen (secondary N) is 1. The third kappa shape index (κ3) is 5.07. The lowest BCUT2D eigenvalue weighted by Gasteiger charge is -2.18. The van der Waals surface area contributed by atoms with Gasteiger partial charge in [-0.15, -0.1) is 0 Å². The average Bonchev–Trinajstić information content (AvgIpc) is 3.10. The molecule has 1 heterocycles. The van der Waals surface area contributed by atoms with Crippen molar-refractivity contribution in [2.45, 2.75) is 25.7 Å². The van der Waals surface area contributed by atoms with Crippen molar-refractivity contribution in [1.82, 2.24) is 4.31 Å². The number of benzene rings is 2. The monoisotopic (exact) mass is 441 g/mol. The number of sulfonamides is 1. The van der Waals surface area contributed by atoms with Crippen LogP contribution in [-0.4, -0.2) is 43.6 Å². The number of esters is 1. The fraction of sp³-hybridized carbons (Fsp3) is 0.227. The Balaban J connectivity index is 1.88. The van der Waals surface area contributed by atoms with Crippen LogP contribution in [0.4, 0.5) is 5.69 Å². The molecule has 9 heteroatoms. The number of nitrogens with zero attached hydrogens (tertiary/aromatic N) is 2. The van der Waals surface area contributed by atoms with E-state index in [-0.39, 0.29) is 22.4 Å². The smallest absolute Gasteiger partial charge is 0.363 e. The summed E-state index contributed by atoms with van der Waals surface area (Å²) in [6.07, 6.45) is 1.56. The fourth-order valence-electron chi connectivity index (χ4n) is 3.06. The molecule has 162 valence electrons. The zero-order chi connectivity index (χ0) is 22.6. The van der Waals surface area contributed by atoms with Crippen LogP contribution in [0.1, 0.15) is 31.9 Å². The van der Waals surface area contributed by atoms with E-state index in [0.29, 0.717) is 29.9 Å². The minimum atomic E-state index is -3.65. The molecule has 1 amide bonds. The van der Waals surface area contributed by atoms with E-state index >= 15 is 0 Å². The fourth-order valence-corrected chi connectivity index (χ4v) is 4.56. The van der Waals surface area contributed by atoms with Crippen LogP contribution in [0.2, 0.25) is 0 Å². The molecule has 3 rings (SSSR count). The third-order valence-electron chi connectivity index (χ3n) is 4.58. The zero-order valence-electron chi connectivity index (χ0n) is 17.5. The molecule has 0 radical (unpaired) electrons. The van der Waals surface area contributed by atoms with Crippen LogP contribution in [0.15, 0.2) is 64.1 Å². The molecule has 0 spiro atoms. The Labute approximate surface area is 181 Å². The standard InChI is InChI=1S/C22H23N3O5S/c1-4-25(5-2)31(28,29)19-8-6-7-17(14-19)21-24-20(22(27)30-21)13-16-9-11-18(12-10-16)23-15(3)26/h6-14H,4-5H2,1-3H3,(H,23,26)/b20-13-. The van der Waals surface area contributed by atoms with Crippen LogP contribution >= 0.6 is 0 Å². The Morgan fingerprint density at radius 2 is 1.81 bits per heavy atom. The maximum atomic E-state index is 12.8. The Bertz CT molecular complexity index is 1160. The number of hydrogen-bond donors (Lipinski definition) is 1. The van der Waals surface area contributed by atoms with Gasteiger partial charge in [0.15, 0.2) is 5.70 Å². The van der Waals surface area contributed by atoms with Crippen LogP contribution < -0.4 is 5.32 Å². The number of aliphatic imine (C=N–C) groups is 1. The Kier molecular flexibility index (Phi) is 6.67. The first-order valence-electron chi connectivity index (χ1n) is 9.75. The van der Waals surface area contributed by atoms with Gasteiger partial charge in [0, 0.05) is 31.3 Å². The average molecular weight is 442 g/mol. The SMILES string of the molecule is CCN(CC)S(=O)(=O)c1cccc(C2=N/C(=C\c3ccc(NC(C)=O)cc3)C(=O)O2)c1. The molecule has 0 unspecified atom stereocenters. The van der Waals surface area contributed by atoms with Crippen LogP contribution in [-0.2, 0) is 24.3 Å². The second-order valence-corrected chi connectivity index (χ2v) is 8.69. The molecule has 0 fully saturated rings. The minimum absolute atomic E-state index is 0.0442. The molecule has 2 aromatic carbocycles. The first-order valence-corrected chi connectivity index (χ1v) is 11.2. The summed E-state index contributed by atoms with van der Waals surface area (Å²) >= 11 is 0. The van der Waals surface area contributed by atoms with Gasteiger partial charge < -0.3 is 10.1 Å². The summed E-state index contributed by atoms with van der Waals surface area (Å²) in [5, 5.41) is 2.67. The summed E-state index contributed by atoms with van der Waals surface area (Å²) in [6.45, 7) is 5.67. The van der Waals surface area contributed by atoms with E-state index in [1.165, 1.54) is 23.4 Å². The predicted molar refractivity (Wildman–Crippen MR) is 118 cm³/mol. The number of rotatable bonds is 7. The van der Waals surface area contributed by atoms with Crippen LogP contribution in [0.5, 0.6) is 0 Å². The number of anilines is 1. The molecule has 0 saturated carbocycles. The van der Waals surface area contributed by atoms with Crippen molar-refractivity contribution < 1.29 is 22.7 Å². The van der Waals surface area contributed by atoms with Crippen molar-refractivity contribution in [1.29, 1.82) is 0 Å². The largest absolute Gasteiger partial charge is 0.402 e. The molecule has 0 aromatic heterocycles. The molecule has 0 bridgehead atoms. The highest BCUT2D eigenvalue weighted by Gasteiger charge is 2.27. The number of amides is 1. The van der Waals surface area contributed by atoms with Gasteiger partial charge in [-0.1, -0.05) is 32.0 Å². The molecule has 8 nitrogen and oxygen atoms in total. The third-order valence-corrected chi connectivity index (χ3v) is 6.63. The topological polar surface area (TPSA) is 105 Å². The van der Waals surface area contributed by atoms with E-state index in [0.717, 1.165) is 0 Å². The van der Waals surface area contributed by atoms with E-state index < -0.39 is 16.0 Å². The van der Waals surface area contributed by atoms with Gasteiger partial charge in [-0.3, -0.25) is 4.79 Å². The van der Waals surface area contributed by atoms with Gasteiger partial charge in [0.2, 0.25) is 21.8 Å². The number of cyclic esters (lactones) is 1. The lowest BCUT2D eigenvalue weighted by atomic mass is 10.1. The van der Waals surface area contributed by atoms with Gasteiger partial charge in [-0.2, -0.15) is 4.31 Å². The highest BCUT2D eigenvalue weighted by molar-refractivity contribution is 7.89. The number of ether oxygens (including phenoxy) is 1. The zero-order valence-corrected chi connectivity index (χ0v) is 18.3. The Morgan fingerprint density at radius 3 is 2.42 bits per heavy atom. The predicted octanol–water partition coefficient (Wildman–Crippen LogP) is 3.02. The van der Waals surface area contributed by atoms with Gasteiger partial charge in [0.25, 0.3) is 0 Å². The van der Waals surface area contributed by atoms with Gasteiger partial charge in [-0.05, 0) is 42.0 Å². The van der Waals surface area contributed by atoms with E-state index in [9.17, 15) is 18.0 Å². The molecule has 0 saturated heterocycles. The maximum absolute atomic E-state index is 12.8. The highest BCUT2D eigenvalue weighted by Crippen LogP contribution is 2.23. The van der Waals surface area contributed by atoms with E-state index in [1.54, 1.807) is 56.3 Å². The molecule has 31 heavy (non-hydrogen) atoms. The molecular weight excluding hydrogens is 418 g/mol. The van der Waals surface area contributed by atoms with Crippen molar-refractivity contribution in [3.8, 4) is 0 Å². The summed E-state index contributed by atoms with van der Waals surface area (Å²) in [5.74, 6) is -0.759. The van der Waals surface area contributed by atoms with Crippen molar-refractivity contribution in [3.05, 3.63) is 65.4 Å². The molecular formula is C22H23N3O5S. The van der Waals surface area contributed by atoms with Crippen molar-refractivity contribution in [3.63, 3.8) is 0 Å². The summed E-state index contributed by atoms with van der Waals surface area (Å²) in [6, 6.07) is 13.1. The van der Waals surface area contributed by atoms with Gasteiger partial charge in [-0.25, -0.2) is 18.2 Å². The molecule has 0 atom stereocenters. The Hall–Kier alpha value is -3.30. The molecule has 1 N–H and O–H groups in total. The van der Waals surface area contributed by atoms with Crippen LogP contribution in [0.25, 0.3) is 6.08 Å². The summed E-state index contributed by atoms with van der Waals surface area (Å²) < 4.78 is 32.2. The van der Waals surface area contributed by atoms with E-state index in [1.807, 2.05) is 0 Å². The van der Waals surface area contributed by atoms with Crippen LogP contribution in [0.3, 0.4) is 0 Å². The number of carbonyl (C=O) groups is 2. The van der Waals surface area contributed by atoms with Crippen molar-refractivity contribution in [2.24, 2.45) is 4.99 Å². The Morgan fingerprint density at radius 1 is 1.13 bits per heavy atom. The molecule has 2 aromatic rings. The van der Waals surface area contributed by atoms with Crippen LogP contribution in [0, 0.1) is 0 Å². The van der Waals surface area contributed by atoms with Gasteiger partial charge in [0.1, 0.15) is 0 Å². The summed E-state index contributed by atoms with van der Waals surface area (Å²) in [5.41, 5.74) is 1.83. The van der Waals surface area contributed by atoms with Crippen molar-refractivity contribution in [2.75, 3.05) is 18.4 Å². The van der Waals surface area contributed by atoms with Crippen molar-refractivity contribution >= 4 is 39.6 Å². The molecule has 1 aliphatic rings. The number of carbonyl (C=O) groups excluding carboxylic acids is 2. The van der Waals surface area contributed by atoms with E-state index in [2.05, 4.69) is 10.3 Å². The normalized spacial score (nSPS) is 15.2. The first-order chi connectivity index (χ1) is 14.7. The maximum Gasteiger partial charge on any atom is 0.363 e. The van der Waals surface area contributed by atoms with E-state index in [4.69, 9.17) is 4.74 Å². The second kappa shape index (κ2) is 9.23.